The van der Waals surface area contributed by atoms with Gasteiger partial charge in [0.1, 0.15) is 5.75 Å². The number of nitrogens with zero attached hydrogens (tertiary/aromatic N) is 2. The van der Waals surface area contributed by atoms with Crippen LogP contribution in [0, 0.1) is 13.8 Å². The topological polar surface area (TPSA) is 79.0 Å². The third-order valence-electron chi connectivity index (χ3n) is 6.05. The van der Waals surface area contributed by atoms with E-state index in [9.17, 15) is 13.2 Å². The van der Waals surface area contributed by atoms with Crippen molar-refractivity contribution in [2.75, 3.05) is 42.9 Å². The normalized spacial score (nSPS) is 14.1. The Labute approximate surface area is 201 Å². The molecule has 4 rings (SSSR count). The molecule has 0 saturated carbocycles. The Morgan fingerprint density at radius 1 is 0.882 bits per heavy atom. The van der Waals surface area contributed by atoms with Crippen molar-refractivity contribution in [1.82, 2.24) is 4.90 Å². The second-order valence-electron chi connectivity index (χ2n) is 8.43. The highest BCUT2D eigenvalue weighted by Crippen LogP contribution is 2.24. The molecule has 1 heterocycles. The number of hydrogen-bond acceptors (Lipinski definition) is 5. The Bertz CT molecular complexity index is 1260. The van der Waals surface area contributed by atoms with E-state index < -0.39 is 10.0 Å². The second-order valence-corrected chi connectivity index (χ2v) is 10.1. The molecule has 34 heavy (non-hydrogen) atoms. The van der Waals surface area contributed by atoms with Gasteiger partial charge in [0.2, 0.25) is 0 Å². The van der Waals surface area contributed by atoms with Gasteiger partial charge in [-0.05, 0) is 74.0 Å². The van der Waals surface area contributed by atoms with E-state index in [1.807, 2.05) is 36.1 Å². The molecule has 7 nitrogen and oxygen atoms in total. The molecule has 0 radical (unpaired) electrons. The molecule has 1 aliphatic rings. The second kappa shape index (κ2) is 9.77. The molecule has 0 aliphatic carbocycles. The quantitative estimate of drug-likeness (QED) is 0.577. The lowest BCUT2D eigenvalue weighted by atomic mass is 10.1. The highest BCUT2D eigenvalue weighted by Gasteiger charge is 2.23. The molecule has 3 aromatic carbocycles. The molecule has 0 unspecified atom stereocenters. The molecule has 1 aliphatic heterocycles. The van der Waals surface area contributed by atoms with Crippen LogP contribution in [0.3, 0.4) is 0 Å². The molecule has 0 spiro atoms. The summed E-state index contributed by atoms with van der Waals surface area (Å²) in [5.74, 6) is 0.767. The first kappa shape index (κ1) is 23.6. The SMILES string of the molecule is COc1ccc(N2CCN(C(=O)c3ccc(NS(=O)(=O)c4ccc(C)cc4)c(C)c3)CC2)cc1. The average Bonchev–Trinajstić information content (AvgIpc) is 2.85. The minimum absolute atomic E-state index is 0.0505. The van der Waals surface area contributed by atoms with E-state index in [0.29, 0.717) is 29.9 Å². The maximum atomic E-state index is 13.1. The highest BCUT2D eigenvalue weighted by atomic mass is 32.2. The maximum absolute atomic E-state index is 13.1. The number of carbonyl (C=O) groups is 1. The number of hydrogen-bond donors (Lipinski definition) is 1. The van der Waals surface area contributed by atoms with Crippen molar-refractivity contribution in [3.8, 4) is 5.75 Å². The summed E-state index contributed by atoms with van der Waals surface area (Å²) in [6.45, 7) is 6.42. The summed E-state index contributed by atoms with van der Waals surface area (Å²) in [4.78, 5) is 17.4. The Kier molecular flexibility index (Phi) is 6.79. The van der Waals surface area contributed by atoms with Gasteiger partial charge in [-0.2, -0.15) is 0 Å². The molecule has 0 atom stereocenters. The highest BCUT2D eigenvalue weighted by molar-refractivity contribution is 7.92. The number of carbonyl (C=O) groups excluding carboxylic acids is 1. The van der Waals surface area contributed by atoms with Gasteiger partial charge in [-0.1, -0.05) is 17.7 Å². The molecule has 178 valence electrons. The number of sulfonamides is 1. The molecule has 0 bridgehead atoms. The van der Waals surface area contributed by atoms with Crippen LogP contribution in [0.1, 0.15) is 21.5 Å². The summed E-state index contributed by atoms with van der Waals surface area (Å²) in [6, 6.07) is 19.7. The third-order valence-corrected chi connectivity index (χ3v) is 7.43. The van der Waals surface area contributed by atoms with Crippen molar-refractivity contribution in [1.29, 1.82) is 0 Å². The predicted octanol–water partition coefficient (Wildman–Crippen LogP) is 4.08. The first-order valence-electron chi connectivity index (χ1n) is 11.2. The predicted molar refractivity (Wildman–Crippen MR) is 134 cm³/mol. The first-order chi connectivity index (χ1) is 16.3. The lowest BCUT2D eigenvalue weighted by molar-refractivity contribution is 0.0746. The lowest BCUT2D eigenvalue weighted by Crippen LogP contribution is -2.48. The van der Waals surface area contributed by atoms with Crippen LogP contribution in [0.4, 0.5) is 11.4 Å². The minimum Gasteiger partial charge on any atom is -0.497 e. The zero-order chi connectivity index (χ0) is 24.3. The van der Waals surface area contributed by atoms with Crippen molar-refractivity contribution < 1.29 is 17.9 Å². The number of amides is 1. The minimum atomic E-state index is -3.70. The number of anilines is 2. The monoisotopic (exact) mass is 479 g/mol. The number of aryl methyl sites for hydroxylation is 2. The van der Waals surface area contributed by atoms with Gasteiger partial charge in [0.25, 0.3) is 15.9 Å². The van der Waals surface area contributed by atoms with Crippen LogP contribution < -0.4 is 14.4 Å². The summed E-state index contributed by atoms with van der Waals surface area (Å²) in [7, 11) is -2.06. The molecule has 1 N–H and O–H groups in total. The van der Waals surface area contributed by atoms with Crippen LogP contribution in [0.25, 0.3) is 0 Å². The van der Waals surface area contributed by atoms with E-state index in [-0.39, 0.29) is 10.8 Å². The number of nitrogens with one attached hydrogen (secondary N) is 1. The van der Waals surface area contributed by atoms with Crippen LogP contribution in [0.2, 0.25) is 0 Å². The van der Waals surface area contributed by atoms with Gasteiger partial charge in [0, 0.05) is 37.4 Å². The molecule has 1 fully saturated rings. The van der Waals surface area contributed by atoms with E-state index in [1.165, 1.54) is 0 Å². The third kappa shape index (κ3) is 5.17. The van der Waals surface area contributed by atoms with Crippen molar-refractivity contribution in [2.24, 2.45) is 0 Å². The molecule has 1 saturated heterocycles. The fraction of sp³-hybridized carbons (Fsp3) is 0.269. The molecular weight excluding hydrogens is 450 g/mol. The summed E-state index contributed by atoms with van der Waals surface area (Å²) >= 11 is 0. The summed E-state index contributed by atoms with van der Waals surface area (Å²) in [6.07, 6.45) is 0. The summed E-state index contributed by atoms with van der Waals surface area (Å²) in [5.41, 5.74) is 3.80. The first-order valence-corrected chi connectivity index (χ1v) is 12.6. The molecule has 3 aromatic rings. The van der Waals surface area contributed by atoms with Crippen LogP contribution in [-0.4, -0.2) is 52.5 Å². The van der Waals surface area contributed by atoms with Gasteiger partial charge in [-0.3, -0.25) is 9.52 Å². The van der Waals surface area contributed by atoms with Crippen LogP contribution >= 0.6 is 0 Å². The van der Waals surface area contributed by atoms with Crippen molar-refractivity contribution in [2.45, 2.75) is 18.7 Å². The van der Waals surface area contributed by atoms with E-state index in [1.54, 1.807) is 56.5 Å². The Morgan fingerprint density at radius 2 is 1.53 bits per heavy atom. The molecule has 0 aromatic heterocycles. The molecular formula is C26H29N3O4S. The van der Waals surface area contributed by atoms with Crippen LogP contribution in [0.5, 0.6) is 5.75 Å². The van der Waals surface area contributed by atoms with E-state index >= 15 is 0 Å². The van der Waals surface area contributed by atoms with Crippen LogP contribution in [-0.2, 0) is 10.0 Å². The zero-order valence-electron chi connectivity index (χ0n) is 19.6. The van der Waals surface area contributed by atoms with Gasteiger partial charge in [0.05, 0.1) is 17.7 Å². The number of piperazine rings is 1. The van der Waals surface area contributed by atoms with Gasteiger partial charge < -0.3 is 14.5 Å². The van der Waals surface area contributed by atoms with Gasteiger partial charge in [-0.15, -0.1) is 0 Å². The molecule has 1 amide bonds. The summed E-state index contributed by atoms with van der Waals surface area (Å²) < 4.78 is 33.3. The standard InChI is InChI=1S/C26H29N3O4S/c1-19-4-11-24(12-5-19)34(31,32)27-25-13-6-21(18-20(25)2)26(30)29-16-14-28(15-17-29)22-7-9-23(33-3)10-8-22/h4-13,18,27H,14-17H2,1-3H3. The van der Waals surface area contributed by atoms with E-state index in [0.717, 1.165) is 30.1 Å². The van der Waals surface area contributed by atoms with Gasteiger partial charge >= 0.3 is 0 Å². The summed E-state index contributed by atoms with van der Waals surface area (Å²) in [5, 5.41) is 0. The lowest BCUT2D eigenvalue weighted by Gasteiger charge is -2.36. The van der Waals surface area contributed by atoms with Gasteiger partial charge in [-0.25, -0.2) is 8.42 Å². The van der Waals surface area contributed by atoms with Gasteiger partial charge in [0.15, 0.2) is 0 Å². The van der Waals surface area contributed by atoms with Crippen molar-refractivity contribution in [3.63, 3.8) is 0 Å². The Hall–Kier alpha value is -3.52. The fourth-order valence-electron chi connectivity index (χ4n) is 3.98. The van der Waals surface area contributed by atoms with E-state index in [2.05, 4.69) is 9.62 Å². The number of rotatable bonds is 6. The number of benzene rings is 3. The Morgan fingerprint density at radius 3 is 2.12 bits per heavy atom. The fourth-order valence-corrected chi connectivity index (χ4v) is 5.11. The smallest absolute Gasteiger partial charge is 0.261 e. The van der Waals surface area contributed by atoms with E-state index in [4.69, 9.17) is 4.74 Å². The average molecular weight is 480 g/mol. The zero-order valence-corrected chi connectivity index (χ0v) is 20.4. The number of ether oxygens (including phenoxy) is 1. The molecule has 8 heteroatoms. The number of methoxy groups -OCH3 is 1. The van der Waals surface area contributed by atoms with Crippen molar-refractivity contribution in [3.05, 3.63) is 83.4 Å². The van der Waals surface area contributed by atoms with Crippen LogP contribution in [0.15, 0.2) is 71.6 Å². The van der Waals surface area contributed by atoms with Crippen molar-refractivity contribution >= 4 is 27.3 Å². The maximum Gasteiger partial charge on any atom is 0.261 e. The largest absolute Gasteiger partial charge is 0.497 e. The Balaban J connectivity index is 1.40.